The third-order valence-electron chi connectivity index (χ3n) is 13.4. The first-order chi connectivity index (χ1) is 30.3. The van der Waals surface area contributed by atoms with Gasteiger partial charge in [0.25, 0.3) is 0 Å². The fourth-order valence-electron chi connectivity index (χ4n) is 9.73. The molecule has 0 bridgehead atoms. The second-order valence-corrected chi connectivity index (χ2v) is 84.2. The summed E-state index contributed by atoms with van der Waals surface area (Å²) in [5.74, 6) is -2.59. The third kappa shape index (κ3) is 13.8. The van der Waals surface area contributed by atoms with Crippen LogP contribution in [0.2, 0.25) is 78.6 Å². The van der Waals surface area contributed by atoms with Gasteiger partial charge in [-0.1, -0.05) is 0 Å². The van der Waals surface area contributed by atoms with Crippen molar-refractivity contribution < 1.29 is 66.0 Å². The predicted molar refractivity (Wildman–Crippen MR) is 295 cm³/mol. The van der Waals surface area contributed by atoms with Crippen LogP contribution in [-0.2, 0) is 41.2 Å². The van der Waals surface area contributed by atoms with Crippen molar-refractivity contribution in [2.24, 2.45) is 0 Å². The molecular weight excluding hydrogens is 1270 g/mol. The topological polar surface area (TPSA) is 0 Å². The van der Waals surface area contributed by atoms with E-state index < -0.39 is 85.5 Å². The van der Waals surface area contributed by atoms with Crippen LogP contribution < -0.4 is 45.6 Å². The van der Waals surface area contributed by atoms with E-state index in [1.165, 1.54) is 25.7 Å². The zero-order valence-corrected chi connectivity index (χ0v) is 56.9. The monoisotopic (exact) mass is 1340 g/mol. The summed E-state index contributed by atoms with van der Waals surface area (Å²) >= 11 is -4.65. The minimum Gasteiger partial charge on any atom is -1.00 e. The third-order valence-corrected chi connectivity index (χ3v) is 81.0. The van der Waals surface area contributed by atoms with E-state index in [0.717, 1.165) is 0 Å². The molecule has 0 amide bonds. The number of halogens is 2. The Bertz CT molecular complexity index is 2180. The van der Waals surface area contributed by atoms with Gasteiger partial charge in [0.05, 0.1) is 0 Å². The second-order valence-electron chi connectivity index (χ2n) is 22.5. The standard InChI is InChI=1S/2C12H11Si.4C8H13Si.2ClH.2Hf/c2*1-3-7-11(8-4-1)13-12-9-5-2-6-10-12;4*1-9(2,3)8-6-4-5-7-8;;;;/h2*1-10,13H;4*6-7H,4H2,1-3H3;2*1H;;/q;;;;;;;;2*+1/p-2. The minimum atomic E-state index is -2.33. The molecule has 344 valence electrons. The molecule has 0 saturated heterocycles. The van der Waals surface area contributed by atoms with Crippen LogP contribution in [0.1, 0.15) is 25.7 Å². The number of benzene rings is 4. The van der Waals surface area contributed by atoms with Gasteiger partial charge in [-0.3, -0.25) is 0 Å². The van der Waals surface area contributed by atoms with Crippen LogP contribution in [0.25, 0.3) is 0 Å². The number of hydrogen-bond acceptors (Lipinski definition) is 0. The summed E-state index contributed by atoms with van der Waals surface area (Å²) in [6.07, 6.45) is 26.2. The van der Waals surface area contributed by atoms with Crippen molar-refractivity contribution in [1.82, 2.24) is 0 Å². The summed E-state index contributed by atoms with van der Waals surface area (Å²) < 4.78 is 7.53. The minimum absolute atomic E-state index is 0. The van der Waals surface area contributed by atoms with E-state index in [9.17, 15) is 0 Å². The Morgan fingerprint density at radius 2 is 0.485 bits per heavy atom. The van der Waals surface area contributed by atoms with Crippen molar-refractivity contribution >= 4 is 65.0 Å². The van der Waals surface area contributed by atoms with Crippen LogP contribution in [0.15, 0.2) is 204 Å². The predicted octanol–water partition coefficient (Wildman–Crippen LogP) is 6.66. The molecule has 4 aliphatic carbocycles. The molecule has 66 heavy (non-hydrogen) atoms. The Labute approximate surface area is 434 Å². The first-order valence-electron chi connectivity index (χ1n) is 23.9. The van der Waals surface area contributed by atoms with E-state index in [1.807, 2.05) is 13.3 Å². The van der Waals surface area contributed by atoms with Crippen LogP contribution in [0.5, 0.6) is 0 Å². The van der Waals surface area contributed by atoms with Crippen LogP contribution in [-0.4, -0.2) is 44.3 Å². The van der Waals surface area contributed by atoms with Gasteiger partial charge in [-0.05, 0) is 0 Å². The maximum Gasteiger partial charge on any atom is -1.00 e. The second kappa shape index (κ2) is 23.6. The zero-order chi connectivity index (χ0) is 45.9. The molecular formula is C56H74Cl2Hf2Si6. The number of allylic oxidation sites excluding steroid dienone is 16. The van der Waals surface area contributed by atoms with Gasteiger partial charge >= 0.3 is 415 Å². The largest absolute Gasteiger partial charge is 1.00 e. The summed E-state index contributed by atoms with van der Waals surface area (Å²) in [4.78, 5) is 0. The SMILES string of the molecule is C[Si](C)(C)C1=CC[C]([Hf+]([C]2=CC([Si](C)(C)C)=CC2)[SiH](c2ccccc2)c2ccccc2)=C1.C[Si](C)(C)C1=CC[C]([Hf+]([C]2=CC([Si](C)(C)C)=CC2)[SiH](c2ccccc2)c2ccccc2)=C1.[Cl-].[Cl-]. The van der Waals surface area contributed by atoms with Gasteiger partial charge in [0.15, 0.2) is 0 Å². The summed E-state index contributed by atoms with van der Waals surface area (Å²) in [6, 6.07) is 46.4. The smallest absolute Gasteiger partial charge is 1.00 e. The zero-order valence-electron chi connectivity index (χ0n) is 41.9. The molecule has 0 heterocycles. The summed E-state index contributed by atoms with van der Waals surface area (Å²) in [7, 11) is -5.12. The van der Waals surface area contributed by atoms with Crippen molar-refractivity contribution in [3.8, 4) is 0 Å². The Balaban J connectivity index is 0.000000240. The van der Waals surface area contributed by atoms with Gasteiger partial charge < -0.3 is 24.8 Å². The van der Waals surface area contributed by atoms with Gasteiger partial charge in [0.1, 0.15) is 0 Å². The van der Waals surface area contributed by atoms with E-state index in [4.69, 9.17) is 0 Å². The molecule has 0 fully saturated rings. The molecule has 0 atom stereocenters. The molecule has 0 saturated carbocycles. The number of rotatable bonds is 14. The van der Waals surface area contributed by atoms with Crippen molar-refractivity contribution in [3.63, 3.8) is 0 Å². The Morgan fingerprint density at radius 3 is 0.636 bits per heavy atom. The van der Waals surface area contributed by atoms with E-state index >= 15 is 0 Å². The molecule has 0 nitrogen and oxygen atoms in total. The van der Waals surface area contributed by atoms with E-state index in [-0.39, 0.29) is 24.8 Å². The Hall–Kier alpha value is -1.58. The van der Waals surface area contributed by atoms with Gasteiger partial charge in [0, 0.05) is 0 Å². The van der Waals surface area contributed by atoms with Crippen LogP contribution >= 0.6 is 0 Å². The molecule has 0 spiro atoms. The average Bonchev–Trinajstić information content (AvgIpc) is 4.10. The molecule has 4 aromatic rings. The summed E-state index contributed by atoms with van der Waals surface area (Å²) in [5, 5.41) is 13.4. The molecule has 4 aliphatic rings. The van der Waals surface area contributed by atoms with Gasteiger partial charge in [-0.15, -0.1) is 0 Å². The molecule has 8 rings (SSSR count). The van der Waals surface area contributed by atoms with Gasteiger partial charge in [-0.25, -0.2) is 0 Å². The number of hydrogen-bond donors (Lipinski definition) is 0. The van der Waals surface area contributed by atoms with Crippen molar-refractivity contribution in [1.29, 1.82) is 0 Å². The average molecular weight is 1340 g/mol. The van der Waals surface area contributed by atoms with Crippen molar-refractivity contribution in [2.75, 3.05) is 0 Å². The summed E-state index contributed by atoms with van der Waals surface area (Å²) in [5.41, 5.74) is 0. The molecule has 4 aromatic carbocycles. The Morgan fingerprint density at radius 1 is 0.303 bits per heavy atom. The molecule has 0 unspecified atom stereocenters. The molecule has 0 aliphatic heterocycles. The van der Waals surface area contributed by atoms with E-state index in [0.29, 0.717) is 0 Å². The molecule has 0 aromatic heterocycles. The normalized spacial score (nSPS) is 16.1. The van der Waals surface area contributed by atoms with Gasteiger partial charge in [-0.2, -0.15) is 0 Å². The maximum atomic E-state index is 2.72. The molecule has 0 N–H and O–H groups in total. The van der Waals surface area contributed by atoms with E-state index in [2.05, 4.69) is 248 Å². The van der Waals surface area contributed by atoms with Crippen LogP contribution in [0.3, 0.4) is 0 Å². The van der Waals surface area contributed by atoms with Crippen molar-refractivity contribution in [2.45, 2.75) is 104 Å². The van der Waals surface area contributed by atoms with Crippen molar-refractivity contribution in [3.05, 3.63) is 204 Å². The van der Waals surface area contributed by atoms with Crippen LogP contribution in [0, 0.1) is 0 Å². The first kappa shape index (κ1) is 55.4. The van der Waals surface area contributed by atoms with E-state index in [1.54, 1.807) is 41.5 Å². The first-order valence-corrected chi connectivity index (χ1v) is 61.0. The molecule has 0 radical (unpaired) electrons. The fourth-order valence-corrected chi connectivity index (χ4v) is 80.4. The Kier molecular flexibility index (Phi) is 19.8. The fraction of sp³-hybridized carbons (Fsp3) is 0.286. The van der Waals surface area contributed by atoms with Gasteiger partial charge in [0.2, 0.25) is 0 Å². The summed E-state index contributed by atoms with van der Waals surface area (Å²) in [6.45, 7) is 30.1. The van der Waals surface area contributed by atoms with Crippen LogP contribution in [0.4, 0.5) is 0 Å². The quantitative estimate of drug-likeness (QED) is 0.124. The molecule has 10 heteroatoms. The maximum absolute atomic E-state index is 2.72.